The van der Waals surface area contributed by atoms with E-state index in [0.29, 0.717) is 5.92 Å². The summed E-state index contributed by atoms with van der Waals surface area (Å²) < 4.78 is 0. The summed E-state index contributed by atoms with van der Waals surface area (Å²) in [7, 11) is 2.14. The second-order valence-corrected chi connectivity index (χ2v) is 4.87. The molecule has 2 aliphatic carbocycles. The monoisotopic (exact) mass is 203 g/mol. The van der Waals surface area contributed by atoms with Crippen LogP contribution in [-0.4, -0.2) is 23.6 Å². The molecule has 2 fully saturated rings. The summed E-state index contributed by atoms with van der Waals surface area (Å²) >= 11 is 0. The average molecular weight is 203 g/mol. The third-order valence-corrected chi connectivity index (χ3v) is 3.22. The molecule has 0 atom stereocenters. The molecule has 15 heavy (non-hydrogen) atoms. The van der Waals surface area contributed by atoms with Crippen molar-refractivity contribution < 1.29 is 0 Å². The first kappa shape index (κ1) is 9.13. The van der Waals surface area contributed by atoms with Crippen LogP contribution in [0.4, 0.5) is 5.82 Å². The van der Waals surface area contributed by atoms with Gasteiger partial charge in [-0.2, -0.15) is 0 Å². The van der Waals surface area contributed by atoms with Crippen molar-refractivity contribution in [3.05, 3.63) is 18.1 Å². The quantitative estimate of drug-likeness (QED) is 0.751. The second-order valence-electron chi connectivity index (χ2n) is 4.87. The normalized spacial score (nSPS) is 20.3. The van der Waals surface area contributed by atoms with Crippen molar-refractivity contribution >= 4 is 5.82 Å². The zero-order valence-electron chi connectivity index (χ0n) is 9.19. The highest BCUT2D eigenvalue weighted by Gasteiger charge is 2.27. The first-order valence-corrected chi connectivity index (χ1v) is 5.87. The van der Waals surface area contributed by atoms with Crippen LogP contribution in [0.25, 0.3) is 0 Å². The highest BCUT2D eigenvalue weighted by molar-refractivity contribution is 5.37. The molecule has 1 aromatic rings. The topological polar surface area (TPSA) is 29.0 Å². The van der Waals surface area contributed by atoms with E-state index in [1.165, 1.54) is 25.7 Å². The molecule has 0 N–H and O–H groups in total. The molecular formula is C12H17N3. The van der Waals surface area contributed by atoms with E-state index in [1.54, 1.807) is 0 Å². The van der Waals surface area contributed by atoms with Gasteiger partial charge in [0.2, 0.25) is 0 Å². The van der Waals surface area contributed by atoms with Crippen molar-refractivity contribution in [3.63, 3.8) is 0 Å². The van der Waals surface area contributed by atoms with E-state index >= 15 is 0 Å². The molecule has 0 bridgehead atoms. The van der Waals surface area contributed by atoms with Crippen LogP contribution < -0.4 is 4.90 Å². The number of anilines is 1. The molecule has 3 rings (SSSR count). The SMILES string of the molecule is CN(CC1CC1)c1ccnc(C2CC2)n1. The van der Waals surface area contributed by atoms with E-state index in [9.17, 15) is 0 Å². The molecule has 1 aromatic heterocycles. The minimum Gasteiger partial charge on any atom is -0.359 e. The summed E-state index contributed by atoms with van der Waals surface area (Å²) in [4.78, 5) is 11.2. The summed E-state index contributed by atoms with van der Waals surface area (Å²) in [6.45, 7) is 1.15. The van der Waals surface area contributed by atoms with Gasteiger partial charge in [-0.15, -0.1) is 0 Å². The molecule has 80 valence electrons. The van der Waals surface area contributed by atoms with E-state index in [2.05, 4.69) is 21.9 Å². The summed E-state index contributed by atoms with van der Waals surface area (Å²) in [6.07, 6.45) is 7.24. The lowest BCUT2D eigenvalue weighted by molar-refractivity contribution is 0.768. The Labute approximate surface area is 90.5 Å². The Morgan fingerprint density at radius 3 is 2.80 bits per heavy atom. The second kappa shape index (κ2) is 3.47. The van der Waals surface area contributed by atoms with Crippen molar-refractivity contribution in [1.82, 2.24) is 9.97 Å². The highest BCUT2D eigenvalue weighted by Crippen LogP contribution is 2.38. The predicted octanol–water partition coefficient (Wildman–Crippen LogP) is 2.20. The van der Waals surface area contributed by atoms with Gasteiger partial charge in [0, 0.05) is 25.7 Å². The van der Waals surface area contributed by atoms with Gasteiger partial charge in [0.25, 0.3) is 0 Å². The van der Waals surface area contributed by atoms with E-state index in [4.69, 9.17) is 0 Å². The highest BCUT2D eigenvalue weighted by atomic mass is 15.2. The molecule has 3 heteroatoms. The Kier molecular flexibility index (Phi) is 2.11. The number of hydrogen-bond donors (Lipinski definition) is 0. The van der Waals surface area contributed by atoms with Crippen molar-refractivity contribution in [2.45, 2.75) is 31.6 Å². The van der Waals surface area contributed by atoms with Crippen LogP contribution in [-0.2, 0) is 0 Å². The Balaban J connectivity index is 1.74. The molecule has 0 unspecified atom stereocenters. The van der Waals surface area contributed by atoms with E-state index < -0.39 is 0 Å². The standard InChI is InChI=1S/C12H17N3/c1-15(8-9-2-3-9)11-6-7-13-12(14-11)10-4-5-10/h6-7,9-10H,2-5,8H2,1H3. The summed E-state index contributed by atoms with van der Waals surface area (Å²) in [5, 5.41) is 0. The Hall–Kier alpha value is -1.12. The minimum atomic E-state index is 0.652. The van der Waals surface area contributed by atoms with Gasteiger partial charge in [0.1, 0.15) is 11.6 Å². The third-order valence-electron chi connectivity index (χ3n) is 3.22. The van der Waals surface area contributed by atoms with Crippen LogP contribution in [0, 0.1) is 5.92 Å². The van der Waals surface area contributed by atoms with Gasteiger partial charge in [-0.3, -0.25) is 0 Å². The van der Waals surface area contributed by atoms with E-state index in [1.807, 2.05) is 12.3 Å². The lowest BCUT2D eigenvalue weighted by atomic mass is 10.3. The Morgan fingerprint density at radius 1 is 1.33 bits per heavy atom. The number of rotatable bonds is 4. The first-order valence-electron chi connectivity index (χ1n) is 5.87. The largest absolute Gasteiger partial charge is 0.359 e. The number of aromatic nitrogens is 2. The maximum atomic E-state index is 4.63. The fourth-order valence-corrected chi connectivity index (χ4v) is 1.90. The number of hydrogen-bond acceptors (Lipinski definition) is 3. The van der Waals surface area contributed by atoms with Crippen molar-refractivity contribution in [2.75, 3.05) is 18.5 Å². The molecule has 2 saturated carbocycles. The Bertz CT molecular complexity index is 356. The van der Waals surface area contributed by atoms with E-state index in [0.717, 1.165) is 24.1 Å². The molecule has 0 aliphatic heterocycles. The fraction of sp³-hybridized carbons (Fsp3) is 0.667. The molecule has 0 saturated heterocycles. The van der Waals surface area contributed by atoms with Crippen LogP contribution in [0.3, 0.4) is 0 Å². The molecule has 3 nitrogen and oxygen atoms in total. The van der Waals surface area contributed by atoms with Gasteiger partial charge >= 0.3 is 0 Å². The van der Waals surface area contributed by atoms with E-state index in [-0.39, 0.29) is 0 Å². The molecule has 2 aliphatic rings. The average Bonchev–Trinajstić information content (AvgIpc) is 3.12. The van der Waals surface area contributed by atoms with Crippen LogP contribution in [0.2, 0.25) is 0 Å². The third kappa shape index (κ3) is 2.11. The minimum absolute atomic E-state index is 0.652. The maximum absolute atomic E-state index is 4.63. The molecule has 0 radical (unpaired) electrons. The summed E-state index contributed by atoms with van der Waals surface area (Å²) in [6, 6.07) is 2.02. The van der Waals surface area contributed by atoms with Crippen LogP contribution >= 0.6 is 0 Å². The van der Waals surface area contributed by atoms with Crippen LogP contribution in [0.5, 0.6) is 0 Å². The van der Waals surface area contributed by atoms with Crippen molar-refractivity contribution in [2.24, 2.45) is 5.92 Å². The van der Waals surface area contributed by atoms with Crippen molar-refractivity contribution in [1.29, 1.82) is 0 Å². The van der Waals surface area contributed by atoms with Crippen LogP contribution in [0.15, 0.2) is 12.3 Å². The molecular weight excluding hydrogens is 186 g/mol. The fourth-order valence-electron chi connectivity index (χ4n) is 1.90. The lowest BCUT2D eigenvalue weighted by Gasteiger charge is -2.17. The van der Waals surface area contributed by atoms with Crippen LogP contribution in [0.1, 0.15) is 37.4 Å². The zero-order valence-corrected chi connectivity index (χ0v) is 9.19. The first-order chi connectivity index (χ1) is 7.33. The Morgan fingerprint density at radius 2 is 2.13 bits per heavy atom. The lowest BCUT2D eigenvalue weighted by Crippen LogP contribution is -2.21. The maximum Gasteiger partial charge on any atom is 0.133 e. The predicted molar refractivity (Wildman–Crippen MR) is 60.0 cm³/mol. The zero-order chi connectivity index (χ0) is 10.3. The van der Waals surface area contributed by atoms with Gasteiger partial charge in [-0.05, 0) is 37.7 Å². The van der Waals surface area contributed by atoms with Gasteiger partial charge < -0.3 is 4.90 Å². The van der Waals surface area contributed by atoms with Crippen molar-refractivity contribution in [3.8, 4) is 0 Å². The summed E-state index contributed by atoms with van der Waals surface area (Å²) in [5.41, 5.74) is 0. The smallest absolute Gasteiger partial charge is 0.133 e. The molecule has 0 spiro atoms. The molecule has 0 aromatic carbocycles. The molecule has 1 heterocycles. The van der Waals surface area contributed by atoms with Gasteiger partial charge in [-0.1, -0.05) is 0 Å². The van der Waals surface area contributed by atoms with Gasteiger partial charge in [-0.25, -0.2) is 9.97 Å². The van der Waals surface area contributed by atoms with Gasteiger partial charge in [0.15, 0.2) is 0 Å². The molecule has 0 amide bonds. The van der Waals surface area contributed by atoms with Gasteiger partial charge in [0.05, 0.1) is 0 Å². The number of nitrogens with zero attached hydrogens (tertiary/aromatic N) is 3. The summed E-state index contributed by atoms with van der Waals surface area (Å²) in [5.74, 6) is 3.71.